The number of aromatic nitrogens is 1. The molecule has 1 aliphatic carbocycles. The van der Waals surface area contributed by atoms with E-state index in [0.717, 1.165) is 37.6 Å². The highest BCUT2D eigenvalue weighted by atomic mass is 35.5. The molecule has 1 aromatic heterocycles. The van der Waals surface area contributed by atoms with Gasteiger partial charge in [0.2, 0.25) is 0 Å². The van der Waals surface area contributed by atoms with Crippen LogP contribution in [0.5, 0.6) is 5.75 Å². The predicted molar refractivity (Wildman–Crippen MR) is 87.0 cm³/mol. The third-order valence-electron chi connectivity index (χ3n) is 4.90. The van der Waals surface area contributed by atoms with Gasteiger partial charge < -0.3 is 10.4 Å². The van der Waals surface area contributed by atoms with Gasteiger partial charge in [-0.1, -0.05) is 19.3 Å². The second kappa shape index (κ2) is 6.95. The number of hydrogen-bond acceptors (Lipinski definition) is 4. The van der Waals surface area contributed by atoms with Crippen molar-refractivity contribution < 1.29 is 5.11 Å². The summed E-state index contributed by atoms with van der Waals surface area (Å²) in [5.74, 6) is 0.333. The Labute approximate surface area is 133 Å². The minimum atomic E-state index is 0. The first-order valence-electron chi connectivity index (χ1n) is 7.81. The molecule has 5 heteroatoms. The predicted octanol–water partition coefficient (Wildman–Crippen LogP) is 2.63. The number of nitrogens with zero attached hydrogens (tertiary/aromatic N) is 2. The topological polar surface area (TPSA) is 48.4 Å². The lowest BCUT2D eigenvalue weighted by molar-refractivity contribution is 0.0194. The molecule has 0 unspecified atom stereocenters. The Balaban J connectivity index is 0.00000161. The van der Waals surface area contributed by atoms with E-state index in [2.05, 4.69) is 15.2 Å². The molecule has 0 atom stereocenters. The minimum absolute atomic E-state index is 0. The highest BCUT2D eigenvalue weighted by Crippen LogP contribution is 2.36. The highest BCUT2D eigenvalue weighted by Gasteiger charge is 2.39. The summed E-state index contributed by atoms with van der Waals surface area (Å²) in [6.45, 7) is 5.93. The van der Waals surface area contributed by atoms with Gasteiger partial charge in [-0.3, -0.25) is 9.88 Å². The van der Waals surface area contributed by atoms with Gasteiger partial charge >= 0.3 is 0 Å². The quantitative estimate of drug-likeness (QED) is 0.881. The molecule has 0 amide bonds. The number of hydrogen-bond donors (Lipinski definition) is 2. The van der Waals surface area contributed by atoms with Gasteiger partial charge in [0.1, 0.15) is 5.75 Å². The van der Waals surface area contributed by atoms with Gasteiger partial charge in [-0.05, 0) is 31.9 Å². The normalized spacial score (nSPS) is 22.0. The van der Waals surface area contributed by atoms with Gasteiger partial charge in [0.25, 0.3) is 0 Å². The molecule has 2 N–H and O–H groups in total. The maximum Gasteiger partial charge on any atom is 0.138 e. The Kier molecular flexibility index (Phi) is 5.47. The number of nitrogens with one attached hydrogen (secondary N) is 1. The second-order valence-corrected chi connectivity index (χ2v) is 6.30. The van der Waals surface area contributed by atoms with Crippen LogP contribution in [0.2, 0.25) is 0 Å². The Morgan fingerprint density at radius 3 is 2.81 bits per heavy atom. The lowest BCUT2D eigenvalue weighted by Gasteiger charge is -2.49. The van der Waals surface area contributed by atoms with Crippen LogP contribution in [0.3, 0.4) is 0 Å². The third-order valence-corrected chi connectivity index (χ3v) is 4.90. The molecule has 4 nitrogen and oxygen atoms in total. The molecular weight excluding hydrogens is 286 g/mol. The van der Waals surface area contributed by atoms with E-state index < -0.39 is 0 Å². The maximum atomic E-state index is 10.0. The molecule has 1 saturated heterocycles. The average molecular weight is 312 g/mol. The van der Waals surface area contributed by atoms with Crippen molar-refractivity contribution in [3.63, 3.8) is 0 Å². The molecule has 118 valence electrons. The van der Waals surface area contributed by atoms with Crippen molar-refractivity contribution in [2.45, 2.75) is 51.1 Å². The van der Waals surface area contributed by atoms with E-state index in [9.17, 15) is 5.11 Å². The van der Waals surface area contributed by atoms with Gasteiger partial charge in [-0.15, -0.1) is 12.4 Å². The summed E-state index contributed by atoms with van der Waals surface area (Å²) in [7, 11) is 0. The van der Waals surface area contributed by atoms with E-state index in [-0.39, 0.29) is 17.9 Å². The van der Waals surface area contributed by atoms with Crippen LogP contribution < -0.4 is 5.32 Å². The van der Waals surface area contributed by atoms with Crippen molar-refractivity contribution in [1.29, 1.82) is 0 Å². The van der Waals surface area contributed by atoms with Crippen LogP contribution in [0.25, 0.3) is 0 Å². The summed E-state index contributed by atoms with van der Waals surface area (Å²) in [6, 6.07) is 3.64. The van der Waals surface area contributed by atoms with Crippen LogP contribution in [0.1, 0.15) is 43.5 Å². The molecule has 0 bridgehead atoms. The summed E-state index contributed by atoms with van der Waals surface area (Å²) in [4.78, 5) is 7.09. The zero-order valence-electron chi connectivity index (χ0n) is 12.8. The van der Waals surface area contributed by atoms with Crippen LogP contribution >= 0.6 is 12.4 Å². The summed E-state index contributed by atoms with van der Waals surface area (Å²) in [5, 5.41) is 13.6. The smallest absolute Gasteiger partial charge is 0.138 e. The number of aromatic hydroxyl groups is 1. The van der Waals surface area contributed by atoms with Crippen LogP contribution in [-0.2, 0) is 6.54 Å². The number of pyridine rings is 1. The van der Waals surface area contributed by atoms with Crippen molar-refractivity contribution in [3.05, 3.63) is 23.5 Å². The molecule has 2 fully saturated rings. The van der Waals surface area contributed by atoms with E-state index >= 15 is 0 Å². The maximum absolute atomic E-state index is 10.0. The van der Waals surface area contributed by atoms with Crippen LogP contribution in [0, 0.1) is 6.92 Å². The Bertz CT molecular complexity index is 466. The second-order valence-electron chi connectivity index (χ2n) is 6.30. The van der Waals surface area contributed by atoms with Gasteiger partial charge in [-0.25, -0.2) is 0 Å². The lowest BCUT2D eigenvalue weighted by Crippen LogP contribution is -2.61. The Hall–Kier alpha value is -0.840. The minimum Gasteiger partial charge on any atom is -0.506 e. The molecule has 0 aromatic carbocycles. The molecule has 1 spiro atoms. The third kappa shape index (κ3) is 3.50. The van der Waals surface area contributed by atoms with Crippen molar-refractivity contribution in [3.8, 4) is 5.75 Å². The van der Waals surface area contributed by atoms with Crippen LogP contribution in [0.4, 0.5) is 0 Å². The fourth-order valence-corrected chi connectivity index (χ4v) is 3.73. The average Bonchev–Trinajstić information content (AvgIpc) is 2.46. The first kappa shape index (κ1) is 16.5. The summed E-state index contributed by atoms with van der Waals surface area (Å²) < 4.78 is 0. The number of rotatable bonds is 2. The number of halogens is 1. The van der Waals surface area contributed by atoms with E-state index in [1.165, 1.54) is 32.1 Å². The molecular formula is C16H26ClN3O. The molecule has 2 heterocycles. The molecule has 2 aliphatic rings. The lowest BCUT2D eigenvalue weighted by atomic mass is 9.79. The van der Waals surface area contributed by atoms with Gasteiger partial charge in [0, 0.05) is 37.4 Å². The fourth-order valence-electron chi connectivity index (χ4n) is 3.73. The van der Waals surface area contributed by atoms with Gasteiger partial charge in [-0.2, -0.15) is 0 Å². The number of aryl methyl sites for hydroxylation is 1. The van der Waals surface area contributed by atoms with Crippen molar-refractivity contribution in [2.24, 2.45) is 0 Å². The molecule has 3 rings (SSSR count). The Morgan fingerprint density at radius 1 is 1.29 bits per heavy atom. The van der Waals surface area contributed by atoms with Crippen molar-refractivity contribution >= 4 is 12.4 Å². The zero-order chi connectivity index (χ0) is 14.0. The number of piperazine rings is 1. The molecule has 1 saturated carbocycles. The monoisotopic (exact) mass is 311 g/mol. The summed E-state index contributed by atoms with van der Waals surface area (Å²) in [5.41, 5.74) is 2.09. The van der Waals surface area contributed by atoms with E-state index in [0.29, 0.717) is 5.75 Å². The SMILES string of the molecule is Cc1ccc(O)c(CN2CCNCC23CCCCC3)n1.Cl. The largest absolute Gasteiger partial charge is 0.506 e. The van der Waals surface area contributed by atoms with E-state index in [4.69, 9.17) is 0 Å². The van der Waals surface area contributed by atoms with E-state index in [1.54, 1.807) is 6.07 Å². The van der Waals surface area contributed by atoms with Crippen molar-refractivity contribution in [2.75, 3.05) is 19.6 Å². The van der Waals surface area contributed by atoms with Crippen LogP contribution in [0.15, 0.2) is 12.1 Å². The van der Waals surface area contributed by atoms with E-state index in [1.807, 2.05) is 13.0 Å². The van der Waals surface area contributed by atoms with Crippen molar-refractivity contribution in [1.82, 2.24) is 15.2 Å². The molecule has 1 aromatic rings. The standard InChI is InChI=1S/C16H25N3O.ClH/c1-13-5-6-15(20)14(18-13)11-19-10-9-17-12-16(19)7-3-2-4-8-16;/h5-6,17,20H,2-4,7-12H2,1H3;1H. The fraction of sp³-hybridized carbons (Fsp3) is 0.688. The highest BCUT2D eigenvalue weighted by molar-refractivity contribution is 5.85. The molecule has 0 radical (unpaired) electrons. The zero-order valence-corrected chi connectivity index (χ0v) is 13.6. The summed E-state index contributed by atoms with van der Waals surface area (Å²) in [6.07, 6.45) is 6.56. The summed E-state index contributed by atoms with van der Waals surface area (Å²) >= 11 is 0. The molecule has 21 heavy (non-hydrogen) atoms. The van der Waals surface area contributed by atoms with Gasteiger partial charge in [0.15, 0.2) is 0 Å². The first-order chi connectivity index (χ1) is 9.70. The van der Waals surface area contributed by atoms with Crippen LogP contribution in [-0.4, -0.2) is 40.2 Å². The molecule has 1 aliphatic heterocycles. The first-order valence-corrected chi connectivity index (χ1v) is 7.81. The van der Waals surface area contributed by atoms with Gasteiger partial charge in [0.05, 0.1) is 5.69 Å². The Morgan fingerprint density at radius 2 is 2.05 bits per heavy atom.